The van der Waals surface area contributed by atoms with Gasteiger partial charge in [0.25, 0.3) is 0 Å². The Hall–Kier alpha value is -1.27. The van der Waals surface area contributed by atoms with Crippen LogP contribution in [0.25, 0.3) is 0 Å². The standard InChI is InChI=1S/C61H117NO13/c1-3-5-7-9-11-13-15-17-19-21-23-24-25-26-27-28-30-32-34-36-38-40-42-44-50(65)49(62-53(66)45-43-41-39-37-35-33-31-29-22-20-18-16-14-12-10-8-6-4-2)48-72-60-58(71)56(69)59(52(47-64)74-60)75-61-57(70)55(68)54(67)51(46-63)73-61/h20,22,49-52,54-61,63-65,67-71H,3-19,21,23-48H2,1-2H3,(H,62,66)/b22-20-. The van der Waals surface area contributed by atoms with E-state index in [1.54, 1.807) is 0 Å². The van der Waals surface area contributed by atoms with Gasteiger partial charge >= 0.3 is 0 Å². The second-order valence-corrected chi connectivity index (χ2v) is 22.5. The minimum atomic E-state index is -1.78. The van der Waals surface area contributed by atoms with E-state index in [9.17, 15) is 45.6 Å². The van der Waals surface area contributed by atoms with Gasteiger partial charge in [-0.3, -0.25) is 4.79 Å². The third kappa shape index (κ3) is 33.2. The molecular formula is C61H117NO13. The first kappa shape index (κ1) is 69.8. The van der Waals surface area contributed by atoms with Crippen molar-refractivity contribution >= 4 is 5.91 Å². The number of hydrogen-bond acceptors (Lipinski definition) is 13. The van der Waals surface area contributed by atoms with Crippen LogP contribution >= 0.6 is 0 Å². The average Bonchev–Trinajstić information content (AvgIpc) is 3.41. The quantitative estimate of drug-likeness (QED) is 0.0204. The van der Waals surface area contributed by atoms with Crippen LogP contribution < -0.4 is 5.32 Å². The van der Waals surface area contributed by atoms with E-state index in [2.05, 4.69) is 31.3 Å². The maximum absolute atomic E-state index is 13.3. The van der Waals surface area contributed by atoms with Crippen LogP contribution in [-0.4, -0.2) is 140 Å². The number of allylic oxidation sites excluding steroid dienone is 2. The molecule has 0 bridgehead atoms. The normalized spacial score (nSPS) is 25.0. The topological polar surface area (TPSA) is 228 Å². The lowest BCUT2D eigenvalue weighted by atomic mass is 9.97. The Bertz CT molecular complexity index is 1310. The van der Waals surface area contributed by atoms with Crippen LogP contribution in [0.2, 0.25) is 0 Å². The van der Waals surface area contributed by atoms with Gasteiger partial charge in [-0.25, -0.2) is 0 Å². The van der Waals surface area contributed by atoms with Gasteiger partial charge in [0, 0.05) is 6.42 Å². The Morgan fingerprint density at radius 3 is 1.27 bits per heavy atom. The van der Waals surface area contributed by atoms with E-state index in [1.807, 2.05) is 0 Å². The summed E-state index contributed by atoms with van der Waals surface area (Å²) in [5, 5.41) is 87.4. The van der Waals surface area contributed by atoms with Crippen LogP contribution in [-0.2, 0) is 23.7 Å². The number of nitrogens with one attached hydrogen (secondary N) is 1. The average molecular weight is 1070 g/mol. The van der Waals surface area contributed by atoms with Gasteiger partial charge in [0.05, 0.1) is 32.0 Å². The summed E-state index contributed by atoms with van der Waals surface area (Å²) in [6.07, 6.45) is 37.8. The zero-order chi connectivity index (χ0) is 54.6. The second-order valence-electron chi connectivity index (χ2n) is 22.5. The molecule has 0 aliphatic carbocycles. The lowest BCUT2D eigenvalue weighted by Crippen LogP contribution is -2.65. The van der Waals surface area contributed by atoms with Crippen molar-refractivity contribution in [1.29, 1.82) is 0 Å². The summed E-state index contributed by atoms with van der Waals surface area (Å²) < 4.78 is 22.9. The predicted octanol–water partition coefficient (Wildman–Crippen LogP) is 11.1. The third-order valence-corrected chi connectivity index (χ3v) is 15.7. The molecule has 2 saturated heterocycles. The monoisotopic (exact) mass is 1070 g/mol. The van der Waals surface area contributed by atoms with Crippen LogP contribution in [0.5, 0.6) is 0 Å². The third-order valence-electron chi connectivity index (χ3n) is 15.7. The van der Waals surface area contributed by atoms with Crippen molar-refractivity contribution in [1.82, 2.24) is 5.32 Å². The first-order valence-electron chi connectivity index (χ1n) is 31.4. The molecule has 9 N–H and O–H groups in total. The van der Waals surface area contributed by atoms with Crippen molar-refractivity contribution in [2.45, 2.75) is 351 Å². The number of aliphatic hydroxyl groups excluding tert-OH is 8. The second kappa shape index (κ2) is 47.5. The highest BCUT2D eigenvalue weighted by molar-refractivity contribution is 5.76. The molecule has 12 unspecified atom stereocenters. The highest BCUT2D eigenvalue weighted by Gasteiger charge is 2.51. The predicted molar refractivity (Wildman–Crippen MR) is 300 cm³/mol. The minimum Gasteiger partial charge on any atom is -0.394 e. The van der Waals surface area contributed by atoms with Gasteiger partial charge in [0.15, 0.2) is 12.6 Å². The summed E-state index contributed by atoms with van der Waals surface area (Å²) in [5.41, 5.74) is 0. The molecule has 444 valence electrons. The smallest absolute Gasteiger partial charge is 0.220 e. The number of carbonyl (C=O) groups is 1. The molecule has 14 nitrogen and oxygen atoms in total. The number of carbonyl (C=O) groups excluding carboxylic acids is 1. The van der Waals surface area contributed by atoms with Crippen molar-refractivity contribution in [2.24, 2.45) is 0 Å². The molecule has 75 heavy (non-hydrogen) atoms. The molecule has 2 fully saturated rings. The van der Waals surface area contributed by atoms with Crippen LogP contribution in [0, 0.1) is 0 Å². The van der Waals surface area contributed by atoms with Gasteiger partial charge in [0.2, 0.25) is 5.91 Å². The fourth-order valence-electron chi connectivity index (χ4n) is 10.6. The van der Waals surface area contributed by atoms with Crippen LogP contribution in [0.15, 0.2) is 12.2 Å². The number of ether oxygens (including phenoxy) is 4. The Morgan fingerprint density at radius 1 is 0.467 bits per heavy atom. The van der Waals surface area contributed by atoms with Crippen molar-refractivity contribution < 1.29 is 64.6 Å². The Labute approximate surface area is 456 Å². The lowest BCUT2D eigenvalue weighted by Gasteiger charge is -2.46. The number of unbranched alkanes of at least 4 members (excludes halogenated alkanes) is 36. The highest BCUT2D eigenvalue weighted by Crippen LogP contribution is 2.30. The number of aliphatic hydroxyl groups is 8. The van der Waals surface area contributed by atoms with Crippen molar-refractivity contribution in [2.75, 3.05) is 19.8 Å². The van der Waals surface area contributed by atoms with Gasteiger partial charge < -0.3 is 65.1 Å². The number of hydrogen-bond donors (Lipinski definition) is 9. The SMILES string of the molecule is CCCCCCCCC/C=C\CCCCCCCCCC(=O)NC(COC1OC(CO)C(OC2OC(CO)C(O)C(O)C2O)C(O)C1O)C(O)CCCCCCCCCCCCCCCCCCCCCCCCC. The van der Waals surface area contributed by atoms with Crippen LogP contribution in [0.1, 0.15) is 277 Å². The number of rotatable bonds is 51. The Kier molecular flexibility index (Phi) is 44.3. The molecular weight excluding hydrogens is 955 g/mol. The van der Waals surface area contributed by atoms with Gasteiger partial charge in [-0.15, -0.1) is 0 Å². The minimum absolute atomic E-state index is 0.207. The summed E-state index contributed by atoms with van der Waals surface area (Å²) in [6, 6.07) is -0.828. The van der Waals surface area contributed by atoms with Gasteiger partial charge in [-0.05, 0) is 38.5 Å². The van der Waals surface area contributed by atoms with Gasteiger partial charge in [-0.2, -0.15) is 0 Å². The Balaban J connectivity index is 1.73. The van der Waals surface area contributed by atoms with Crippen molar-refractivity contribution in [3.63, 3.8) is 0 Å². The van der Waals surface area contributed by atoms with Crippen LogP contribution in [0.4, 0.5) is 0 Å². The molecule has 2 aliphatic rings. The van der Waals surface area contributed by atoms with E-state index in [1.165, 1.54) is 193 Å². The Morgan fingerprint density at radius 2 is 0.840 bits per heavy atom. The summed E-state index contributed by atoms with van der Waals surface area (Å²) in [5.74, 6) is -0.207. The van der Waals surface area contributed by atoms with Crippen molar-refractivity contribution in [3.05, 3.63) is 12.2 Å². The lowest BCUT2D eigenvalue weighted by molar-refractivity contribution is -0.359. The molecule has 14 heteroatoms. The molecule has 2 heterocycles. The molecule has 0 aromatic heterocycles. The summed E-state index contributed by atoms with van der Waals surface area (Å²) in [7, 11) is 0. The largest absolute Gasteiger partial charge is 0.394 e. The molecule has 0 saturated carbocycles. The fraction of sp³-hybridized carbons (Fsp3) is 0.951. The summed E-state index contributed by atoms with van der Waals surface area (Å²) >= 11 is 0. The molecule has 0 aromatic rings. The number of amides is 1. The first-order chi connectivity index (χ1) is 36.6. The van der Waals surface area contributed by atoms with E-state index < -0.39 is 86.8 Å². The summed E-state index contributed by atoms with van der Waals surface area (Å²) in [4.78, 5) is 13.3. The van der Waals surface area contributed by atoms with E-state index in [-0.39, 0.29) is 12.5 Å². The van der Waals surface area contributed by atoms with E-state index in [4.69, 9.17) is 18.9 Å². The van der Waals surface area contributed by atoms with Crippen molar-refractivity contribution in [3.8, 4) is 0 Å². The molecule has 2 rings (SSSR count). The molecule has 0 radical (unpaired) electrons. The maximum atomic E-state index is 13.3. The van der Waals surface area contributed by atoms with Gasteiger partial charge in [0.1, 0.15) is 48.8 Å². The highest BCUT2D eigenvalue weighted by atomic mass is 16.7. The van der Waals surface area contributed by atoms with Gasteiger partial charge in [-0.1, -0.05) is 244 Å². The maximum Gasteiger partial charge on any atom is 0.220 e. The molecule has 0 spiro atoms. The molecule has 1 amide bonds. The van der Waals surface area contributed by atoms with E-state index in [0.717, 1.165) is 57.8 Å². The zero-order valence-corrected chi connectivity index (χ0v) is 47.8. The summed E-state index contributed by atoms with van der Waals surface area (Å²) in [6.45, 7) is 2.89. The fourth-order valence-corrected chi connectivity index (χ4v) is 10.6. The molecule has 0 aromatic carbocycles. The van der Waals surface area contributed by atoms with E-state index >= 15 is 0 Å². The zero-order valence-electron chi connectivity index (χ0n) is 47.8. The van der Waals surface area contributed by atoms with Crippen LogP contribution in [0.3, 0.4) is 0 Å². The molecule has 2 aliphatic heterocycles. The first-order valence-corrected chi connectivity index (χ1v) is 31.4. The molecule has 12 atom stereocenters. The van der Waals surface area contributed by atoms with E-state index in [0.29, 0.717) is 12.8 Å².